The molecule has 5 rings (SSSR count). The van der Waals surface area contributed by atoms with E-state index in [-0.39, 0.29) is 17.9 Å². The van der Waals surface area contributed by atoms with Gasteiger partial charge in [0.25, 0.3) is 0 Å². The first-order valence-electron chi connectivity index (χ1n) is 11.0. The number of nitrogens with zero attached hydrogens (tertiary/aromatic N) is 7. The monoisotopic (exact) mass is 433 g/mol. The molecule has 1 amide bonds. The zero-order valence-electron chi connectivity index (χ0n) is 18.4. The summed E-state index contributed by atoms with van der Waals surface area (Å²) < 4.78 is 1.80. The standard InChI is InChI=1S/C23H27N7O2/c1-16-3-4-18(15-25-16)20-9-14-32-30(20)22(31)17-7-12-29(13-8-17)23-24-10-5-19(27-23)21-6-11-26-28(21)2/h3-6,10-11,15,17,20H,7-9,12-14H2,1-2H3/t20-/m0/s1. The predicted molar refractivity (Wildman–Crippen MR) is 118 cm³/mol. The molecule has 2 saturated heterocycles. The van der Waals surface area contributed by atoms with Crippen molar-refractivity contribution in [1.82, 2.24) is 29.8 Å². The van der Waals surface area contributed by atoms with Crippen LogP contribution in [-0.4, -0.2) is 55.4 Å². The number of aryl methyl sites for hydroxylation is 2. The van der Waals surface area contributed by atoms with Crippen molar-refractivity contribution in [2.24, 2.45) is 13.0 Å². The summed E-state index contributed by atoms with van der Waals surface area (Å²) in [6.07, 6.45) is 7.68. The summed E-state index contributed by atoms with van der Waals surface area (Å²) in [7, 11) is 1.90. The van der Waals surface area contributed by atoms with Gasteiger partial charge in [-0.3, -0.25) is 19.3 Å². The van der Waals surface area contributed by atoms with Gasteiger partial charge in [-0.1, -0.05) is 6.07 Å². The van der Waals surface area contributed by atoms with Crippen LogP contribution in [0.25, 0.3) is 11.4 Å². The van der Waals surface area contributed by atoms with Crippen LogP contribution in [0.15, 0.2) is 42.9 Å². The van der Waals surface area contributed by atoms with Gasteiger partial charge in [-0.25, -0.2) is 15.0 Å². The van der Waals surface area contributed by atoms with E-state index in [0.717, 1.165) is 55.0 Å². The predicted octanol–water partition coefficient (Wildman–Crippen LogP) is 2.70. The van der Waals surface area contributed by atoms with Crippen molar-refractivity contribution in [3.8, 4) is 11.4 Å². The van der Waals surface area contributed by atoms with E-state index in [0.29, 0.717) is 12.6 Å². The number of piperidine rings is 1. The number of hydroxylamine groups is 2. The smallest absolute Gasteiger partial charge is 0.249 e. The SMILES string of the molecule is Cc1ccc([C@@H]2CCON2C(=O)C2CCN(c3nccc(-c4ccnn4C)n3)CC2)cn1. The molecule has 9 nitrogen and oxygen atoms in total. The highest BCUT2D eigenvalue weighted by molar-refractivity contribution is 5.79. The van der Waals surface area contributed by atoms with Crippen molar-refractivity contribution in [1.29, 1.82) is 0 Å². The first kappa shape index (κ1) is 20.6. The van der Waals surface area contributed by atoms with Gasteiger partial charge in [-0.05, 0) is 43.5 Å². The number of rotatable bonds is 4. The lowest BCUT2D eigenvalue weighted by Gasteiger charge is -2.34. The zero-order chi connectivity index (χ0) is 22.1. The summed E-state index contributed by atoms with van der Waals surface area (Å²) in [6, 6.07) is 7.78. The Hall–Kier alpha value is -3.33. The maximum absolute atomic E-state index is 13.3. The van der Waals surface area contributed by atoms with Crippen molar-refractivity contribution in [2.75, 3.05) is 24.6 Å². The molecule has 3 aromatic heterocycles. The molecule has 0 saturated carbocycles. The second-order valence-corrected chi connectivity index (χ2v) is 8.38. The van der Waals surface area contributed by atoms with Gasteiger partial charge in [-0.2, -0.15) is 5.10 Å². The minimum absolute atomic E-state index is 0.0625. The molecule has 0 aromatic carbocycles. The molecule has 32 heavy (non-hydrogen) atoms. The lowest BCUT2D eigenvalue weighted by molar-refractivity contribution is -0.182. The molecule has 166 valence electrons. The van der Waals surface area contributed by atoms with Gasteiger partial charge in [-0.15, -0.1) is 0 Å². The quantitative estimate of drug-likeness (QED) is 0.625. The highest BCUT2D eigenvalue weighted by Gasteiger charge is 2.37. The number of carbonyl (C=O) groups is 1. The van der Waals surface area contributed by atoms with Crippen LogP contribution in [0.5, 0.6) is 0 Å². The number of hydrogen-bond acceptors (Lipinski definition) is 7. The minimum Gasteiger partial charge on any atom is -0.341 e. The number of carbonyl (C=O) groups excluding carboxylic acids is 1. The Bertz CT molecular complexity index is 1090. The second kappa shape index (κ2) is 8.66. The fourth-order valence-electron chi connectivity index (χ4n) is 4.44. The fourth-order valence-corrected chi connectivity index (χ4v) is 4.44. The third-order valence-electron chi connectivity index (χ3n) is 6.29. The molecule has 2 fully saturated rings. The topological polar surface area (TPSA) is 89.3 Å². The Morgan fingerprint density at radius 3 is 2.62 bits per heavy atom. The van der Waals surface area contributed by atoms with E-state index in [1.54, 1.807) is 22.1 Å². The third kappa shape index (κ3) is 3.95. The lowest BCUT2D eigenvalue weighted by atomic mass is 9.95. The van der Waals surface area contributed by atoms with Crippen LogP contribution in [0.1, 0.15) is 36.6 Å². The highest BCUT2D eigenvalue weighted by Crippen LogP contribution is 2.33. The minimum atomic E-state index is -0.0643. The van der Waals surface area contributed by atoms with E-state index in [1.165, 1.54) is 0 Å². The molecule has 3 aromatic rings. The van der Waals surface area contributed by atoms with E-state index >= 15 is 0 Å². The molecule has 0 N–H and O–H groups in total. The number of amides is 1. The van der Waals surface area contributed by atoms with Crippen molar-refractivity contribution in [3.63, 3.8) is 0 Å². The number of pyridine rings is 1. The molecule has 1 atom stereocenters. The van der Waals surface area contributed by atoms with Crippen LogP contribution in [-0.2, 0) is 16.7 Å². The molecule has 0 bridgehead atoms. The Morgan fingerprint density at radius 1 is 1.06 bits per heavy atom. The van der Waals surface area contributed by atoms with Gasteiger partial charge >= 0.3 is 0 Å². The molecule has 5 heterocycles. The summed E-state index contributed by atoms with van der Waals surface area (Å²) >= 11 is 0. The van der Waals surface area contributed by atoms with Crippen molar-refractivity contribution < 1.29 is 9.63 Å². The van der Waals surface area contributed by atoms with Gasteiger partial charge in [0.1, 0.15) is 0 Å². The van der Waals surface area contributed by atoms with E-state index in [4.69, 9.17) is 9.82 Å². The molecule has 0 radical (unpaired) electrons. The Kier molecular flexibility index (Phi) is 5.57. The maximum atomic E-state index is 13.3. The third-order valence-corrected chi connectivity index (χ3v) is 6.29. The summed E-state index contributed by atoms with van der Waals surface area (Å²) in [5, 5.41) is 5.81. The zero-order valence-corrected chi connectivity index (χ0v) is 18.4. The summed E-state index contributed by atoms with van der Waals surface area (Å²) in [4.78, 5) is 34.8. The van der Waals surface area contributed by atoms with E-state index in [1.807, 2.05) is 44.4 Å². The van der Waals surface area contributed by atoms with Gasteiger partial charge in [0, 0.05) is 56.8 Å². The number of hydrogen-bond donors (Lipinski definition) is 0. The van der Waals surface area contributed by atoms with Crippen molar-refractivity contribution in [3.05, 3.63) is 54.1 Å². The molecular formula is C23H27N7O2. The molecular weight excluding hydrogens is 406 g/mol. The van der Waals surface area contributed by atoms with Gasteiger partial charge < -0.3 is 4.90 Å². The molecule has 0 unspecified atom stereocenters. The Labute approximate surface area is 187 Å². The van der Waals surface area contributed by atoms with E-state index < -0.39 is 0 Å². The average molecular weight is 434 g/mol. The molecule has 0 spiro atoms. The largest absolute Gasteiger partial charge is 0.341 e. The Morgan fingerprint density at radius 2 is 1.91 bits per heavy atom. The van der Waals surface area contributed by atoms with Crippen molar-refractivity contribution in [2.45, 2.75) is 32.2 Å². The average Bonchev–Trinajstić information content (AvgIpc) is 3.49. The maximum Gasteiger partial charge on any atom is 0.249 e. The fraction of sp³-hybridized carbons (Fsp3) is 0.435. The molecule has 9 heteroatoms. The van der Waals surface area contributed by atoms with Crippen LogP contribution >= 0.6 is 0 Å². The number of aromatic nitrogens is 5. The normalized spacial score (nSPS) is 19.5. The summed E-state index contributed by atoms with van der Waals surface area (Å²) in [5.41, 5.74) is 3.78. The summed E-state index contributed by atoms with van der Waals surface area (Å²) in [5.74, 6) is 0.693. The van der Waals surface area contributed by atoms with Gasteiger partial charge in [0.15, 0.2) is 0 Å². The van der Waals surface area contributed by atoms with Crippen LogP contribution in [0.4, 0.5) is 5.95 Å². The van der Waals surface area contributed by atoms with E-state index in [9.17, 15) is 4.79 Å². The first-order valence-corrected chi connectivity index (χ1v) is 11.0. The second-order valence-electron chi connectivity index (χ2n) is 8.38. The van der Waals surface area contributed by atoms with Crippen molar-refractivity contribution >= 4 is 11.9 Å². The molecule has 2 aliphatic rings. The van der Waals surface area contributed by atoms with Gasteiger partial charge in [0.05, 0.1) is 24.0 Å². The number of anilines is 1. The highest BCUT2D eigenvalue weighted by atomic mass is 16.7. The van der Waals surface area contributed by atoms with Crippen LogP contribution < -0.4 is 4.90 Å². The molecule has 0 aliphatic carbocycles. The Balaban J connectivity index is 1.24. The van der Waals surface area contributed by atoms with E-state index in [2.05, 4.69) is 20.0 Å². The first-order chi connectivity index (χ1) is 15.6. The lowest BCUT2D eigenvalue weighted by Crippen LogP contribution is -2.42. The summed E-state index contributed by atoms with van der Waals surface area (Å²) in [6.45, 7) is 3.98. The van der Waals surface area contributed by atoms with Crippen LogP contribution in [0.3, 0.4) is 0 Å². The molecule has 2 aliphatic heterocycles. The van der Waals surface area contributed by atoms with Gasteiger partial charge in [0.2, 0.25) is 11.9 Å². The van der Waals surface area contributed by atoms with Crippen LogP contribution in [0.2, 0.25) is 0 Å². The van der Waals surface area contributed by atoms with Crippen LogP contribution in [0, 0.1) is 12.8 Å².